The molecule has 0 aliphatic heterocycles. The van der Waals surface area contributed by atoms with E-state index in [1.54, 1.807) is 30.5 Å². The molecule has 138 valence electrons. The van der Waals surface area contributed by atoms with Crippen LogP contribution in [0.5, 0.6) is 0 Å². The quantitative estimate of drug-likeness (QED) is 0.510. The van der Waals surface area contributed by atoms with Gasteiger partial charge in [-0.2, -0.15) is 10.2 Å². The van der Waals surface area contributed by atoms with Gasteiger partial charge in [0.2, 0.25) is 0 Å². The molecule has 0 atom stereocenters. The Kier molecular flexibility index (Phi) is 4.58. The number of carbonyl (C=O) groups is 1. The number of carboxylic acids is 1. The first kappa shape index (κ1) is 17.8. The average Bonchev–Trinajstić information content (AvgIpc) is 2.70. The van der Waals surface area contributed by atoms with Gasteiger partial charge in [0.25, 0.3) is 0 Å². The van der Waals surface area contributed by atoms with Crippen LogP contribution in [0.1, 0.15) is 10.4 Å². The van der Waals surface area contributed by atoms with Gasteiger partial charge in [0, 0.05) is 27.9 Å². The Morgan fingerprint density at radius 3 is 2.79 bits per heavy atom. The molecule has 6 nitrogen and oxygen atoms in total. The molecule has 0 spiro atoms. The highest BCUT2D eigenvalue weighted by molar-refractivity contribution is 6.30. The van der Waals surface area contributed by atoms with Crippen molar-refractivity contribution in [1.82, 2.24) is 15.2 Å². The van der Waals surface area contributed by atoms with Crippen LogP contribution < -0.4 is 5.32 Å². The lowest BCUT2D eigenvalue weighted by Gasteiger charge is -2.11. The average molecular weight is 395 g/mol. The van der Waals surface area contributed by atoms with Crippen molar-refractivity contribution >= 4 is 39.8 Å². The maximum absolute atomic E-state index is 14.1. The second kappa shape index (κ2) is 7.21. The minimum atomic E-state index is -1.03. The Morgan fingerprint density at radius 1 is 1.11 bits per heavy atom. The zero-order valence-corrected chi connectivity index (χ0v) is 15.0. The topological polar surface area (TPSA) is 88.0 Å². The number of hydrogen-bond donors (Lipinski definition) is 2. The maximum atomic E-state index is 14.1. The highest BCUT2D eigenvalue weighted by atomic mass is 35.5. The number of rotatable bonds is 4. The van der Waals surface area contributed by atoms with Crippen molar-refractivity contribution in [2.24, 2.45) is 0 Å². The highest BCUT2D eigenvalue weighted by Crippen LogP contribution is 2.29. The zero-order valence-electron chi connectivity index (χ0n) is 14.2. The third-order valence-electron chi connectivity index (χ3n) is 4.13. The Labute approximate surface area is 163 Å². The summed E-state index contributed by atoms with van der Waals surface area (Å²) < 4.78 is 14.1. The first-order valence-electron chi connectivity index (χ1n) is 8.18. The van der Waals surface area contributed by atoms with E-state index < -0.39 is 11.8 Å². The molecular formula is C20H12ClFN4O2. The van der Waals surface area contributed by atoms with Gasteiger partial charge in [-0.05, 0) is 48.5 Å². The fourth-order valence-corrected chi connectivity index (χ4v) is 2.98. The van der Waals surface area contributed by atoms with Crippen molar-refractivity contribution in [2.45, 2.75) is 0 Å². The molecule has 0 amide bonds. The minimum Gasteiger partial charge on any atom is -0.478 e. The number of nitrogens with one attached hydrogen (secondary N) is 1. The summed E-state index contributed by atoms with van der Waals surface area (Å²) in [7, 11) is 0. The molecular weight excluding hydrogens is 383 g/mol. The summed E-state index contributed by atoms with van der Waals surface area (Å²) in [5.74, 6) is -1.49. The molecule has 0 saturated carbocycles. The summed E-state index contributed by atoms with van der Waals surface area (Å²) in [4.78, 5) is 15.5. The Hall–Kier alpha value is -3.58. The number of nitrogens with zero attached hydrogens (tertiary/aromatic N) is 3. The van der Waals surface area contributed by atoms with Crippen LogP contribution in [0.4, 0.5) is 15.8 Å². The molecule has 28 heavy (non-hydrogen) atoms. The second-order valence-corrected chi connectivity index (χ2v) is 6.41. The van der Waals surface area contributed by atoms with E-state index in [1.807, 2.05) is 0 Å². The molecule has 4 rings (SSSR count). The van der Waals surface area contributed by atoms with Crippen molar-refractivity contribution in [3.05, 3.63) is 77.3 Å². The molecule has 0 bridgehead atoms. The van der Waals surface area contributed by atoms with Gasteiger partial charge >= 0.3 is 5.97 Å². The molecule has 2 aromatic heterocycles. The molecule has 2 heterocycles. The first-order valence-corrected chi connectivity index (χ1v) is 8.56. The third kappa shape index (κ3) is 3.47. The van der Waals surface area contributed by atoms with E-state index in [0.29, 0.717) is 33.0 Å². The lowest BCUT2D eigenvalue weighted by atomic mass is 10.1. The first-order chi connectivity index (χ1) is 13.5. The number of hydrogen-bond acceptors (Lipinski definition) is 5. The van der Waals surface area contributed by atoms with Crippen molar-refractivity contribution in [3.63, 3.8) is 0 Å². The lowest BCUT2D eigenvalue weighted by Crippen LogP contribution is -1.99. The fraction of sp³-hybridized carbons (Fsp3) is 0. The minimum absolute atomic E-state index is 0.151. The highest BCUT2D eigenvalue weighted by Gasteiger charge is 2.11. The smallest absolute Gasteiger partial charge is 0.335 e. The van der Waals surface area contributed by atoms with Crippen LogP contribution in [0.2, 0.25) is 5.02 Å². The number of aromatic carboxylic acids is 1. The van der Waals surface area contributed by atoms with Crippen LogP contribution in [0, 0.1) is 5.82 Å². The van der Waals surface area contributed by atoms with Gasteiger partial charge in [-0.15, -0.1) is 0 Å². The molecule has 2 N–H and O–H groups in total. The Bertz CT molecular complexity index is 1220. The van der Waals surface area contributed by atoms with E-state index in [2.05, 4.69) is 20.5 Å². The van der Waals surface area contributed by atoms with Crippen molar-refractivity contribution in [1.29, 1.82) is 0 Å². The molecule has 2 aromatic carbocycles. The largest absolute Gasteiger partial charge is 0.478 e. The normalized spacial score (nSPS) is 10.8. The predicted molar refractivity (Wildman–Crippen MR) is 104 cm³/mol. The van der Waals surface area contributed by atoms with Crippen LogP contribution in [-0.4, -0.2) is 26.3 Å². The molecule has 0 saturated heterocycles. The van der Waals surface area contributed by atoms with Gasteiger partial charge in [0.15, 0.2) is 0 Å². The number of aromatic nitrogens is 3. The van der Waals surface area contributed by atoms with E-state index >= 15 is 0 Å². The van der Waals surface area contributed by atoms with Crippen molar-refractivity contribution in [2.75, 3.05) is 5.32 Å². The molecule has 4 aromatic rings. The third-order valence-corrected chi connectivity index (χ3v) is 4.36. The van der Waals surface area contributed by atoms with Gasteiger partial charge in [-0.1, -0.05) is 11.6 Å². The van der Waals surface area contributed by atoms with Gasteiger partial charge in [0.1, 0.15) is 5.82 Å². The number of carboxylic acid groups (broad SMARTS) is 1. The van der Waals surface area contributed by atoms with Crippen LogP contribution in [-0.2, 0) is 0 Å². The summed E-state index contributed by atoms with van der Waals surface area (Å²) in [6, 6.07) is 12.2. The number of anilines is 2. The van der Waals surface area contributed by atoms with Gasteiger partial charge in [-0.3, -0.25) is 4.98 Å². The molecule has 0 aliphatic rings. The molecule has 0 unspecified atom stereocenters. The number of benzene rings is 2. The maximum Gasteiger partial charge on any atom is 0.335 e. The number of pyridine rings is 1. The van der Waals surface area contributed by atoms with Gasteiger partial charge in [0.05, 0.1) is 28.7 Å². The molecule has 8 heteroatoms. The fourth-order valence-electron chi connectivity index (χ4n) is 2.80. The van der Waals surface area contributed by atoms with Gasteiger partial charge < -0.3 is 10.4 Å². The van der Waals surface area contributed by atoms with Crippen molar-refractivity contribution in [3.8, 4) is 11.3 Å². The standard InChI is InChI=1S/C20H12ClFN4O2/c21-12-2-3-16(22)14(8-12)19-9-13(10-24-26-19)25-18-5-6-23-17-4-1-11(20(27)28)7-15(17)18/h1-10H,(H,27,28)(H,23,25,26). The zero-order chi connectivity index (χ0) is 19.7. The Morgan fingerprint density at radius 2 is 1.96 bits per heavy atom. The van der Waals surface area contributed by atoms with Crippen LogP contribution in [0.25, 0.3) is 22.2 Å². The summed E-state index contributed by atoms with van der Waals surface area (Å²) in [6.45, 7) is 0. The summed E-state index contributed by atoms with van der Waals surface area (Å²) in [5.41, 5.74) is 2.53. The lowest BCUT2D eigenvalue weighted by molar-refractivity contribution is 0.0697. The summed E-state index contributed by atoms with van der Waals surface area (Å²) in [6.07, 6.45) is 3.09. The molecule has 0 radical (unpaired) electrons. The second-order valence-electron chi connectivity index (χ2n) is 5.97. The van der Waals surface area contributed by atoms with Gasteiger partial charge in [-0.25, -0.2) is 9.18 Å². The summed E-state index contributed by atoms with van der Waals surface area (Å²) in [5, 5.41) is 21.3. The van der Waals surface area contributed by atoms with E-state index in [9.17, 15) is 14.3 Å². The SMILES string of the molecule is O=C(O)c1ccc2nccc(Nc3cnnc(-c4cc(Cl)ccc4F)c3)c2c1. The molecule has 0 aliphatic carbocycles. The van der Waals surface area contributed by atoms with Crippen LogP contribution >= 0.6 is 11.6 Å². The van der Waals surface area contributed by atoms with E-state index in [-0.39, 0.29) is 11.1 Å². The number of halogens is 2. The Balaban J connectivity index is 1.75. The van der Waals surface area contributed by atoms with E-state index in [0.717, 1.165) is 0 Å². The molecule has 0 fully saturated rings. The van der Waals surface area contributed by atoms with E-state index in [1.165, 1.54) is 30.5 Å². The van der Waals surface area contributed by atoms with Crippen LogP contribution in [0.15, 0.2) is 60.9 Å². The van der Waals surface area contributed by atoms with Crippen molar-refractivity contribution < 1.29 is 14.3 Å². The summed E-state index contributed by atoms with van der Waals surface area (Å²) >= 11 is 5.96. The predicted octanol–water partition coefficient (Wildman–Crippen LogP) is 4.93. The number of fused-ring (bicyclic) bond motifs is 1. The van der Waals surface area contributed by atoms with Crippen LogP contribution in [0.3, 0.4) is 0 Å². The van der Waals surface area contributed by atoms with E-state index in [4.69, 9.17) is 11.6 Å². The monoisotopic (exact) mass is 394 g/mol.